The van der Waals surface area contributed by atoms with E-state index >= 15 is 0 Å². The fourth-order valence-electron chi connectivity index (χ4n) is 4.05. The molecule has 0 radical (unpaired) electrons. The molecule has 0 bridgehead atoms. The summed E-state index contributed by atoms with van der Waals surface area (Å²) in [5.41, 5.74) is 1.81. The van der Waals surface area contributed by atoms with Gasteiger partial charge in [0.05, 0.1) is 19.1 Å². The Balaban J connectivity index is 1.31. The third kappa shape index (κ3) is 4.69. The summed E-state index contributed by atoms with van der Waals surface area (Å²) in [6.45, 7) is 2.17. The second kappa shape index (κ2) is 8.65. The number of rotatable bonds is 5. The van der Waals surface area contributed by atoms with Crippen LogP contribution in [0, 0.1) is 0 Å². The van der Waals surface area contributed by atoms with Crippen LogP contribution in [0.1, 0.15) is 23.2 Å². The Labute approximate surface area is 175 Å². The van der Waals surface area contributed by atoms with Gasteiger partial charge in [0, 0.05) is 49.7 Å². The predicted molar refractivity (Wildman–Crippen MR) is 114 cm³/mol. The molecule has 0 aliphatic carbocycles. The minimum atomic E-state index is -0.0691. The largest absolute Gasteiger partial charge is 0.375 e. The van der Waals surface area contributed by atoms with Gasteiger partial charge in [-0.25, -0.2) is 0 Å². The molecule has 2 aliphatic rings. The van der Waals surface area contributed by atoms with Gasteiger partial charge in [0.2, 0.25) is 5.91 Å². The Morgan fingerprint density at radius 3 is 2.69 bits per heavy atom. The van der Waals surface area contributed by atoms with Gasteiger partial charge in [0.25, 0.3) is 5.91 Å². The van der Waals surface area contributed by atoms with E-state index in [-0.39, 0.29) is 24.0 Å². The number of ether oxygens (including phenoxy) is 1. The van der Waals surface area contributed by atoms with Crippen molar-refractivity contribution in [3.63, 3.8) is 0 Å². The lowest BCUT2D eigenvalue weighted by atomic mass is 10.1. The van der Waals surface area contributed by atoms with Crippen molar-refractivity contribution in [2.45, 2.75) is 31.0 Å². The highest BCUT2D eigenvalue weighted by molar-refractivity contribution is 7.13. The molecule has 2 saturated heterocycles. The lowest BCUT2D eigenvalue weighted by Crippen LogP contribution is -2.47. The average molecular weight is 414 g/mol. The molecule has 2 fully saturated rings. The molecule has 1 aromatic heterocycles. The number of benzene rings is 1. The highest BCUT2D eigenvalue weighted by atomic mass is 32.1. The Bertz CT molecular complexity index is 851. The van der Waals surface area contributed by atoms with E-state index in [1.807, 2.05) is 30.3 Å². The van der Waals surface area contributed by atoms with Crippen molar-refractivity contribution in [3.05, 3.63) is 47.3 Å². The van der Waals surface area contributed by atoms with Gasteiger partial charge >= 0.3 is 0 Å². The van der Waals surface area contributed by atoms with E-state index in [4.69, 9.17) is 4.74 Å². The summed E-state index contributed by atoms with van der Waals surface area (Å²) in [5.74, 6) is 0.0522. The number of nitrogens with one attached hydrogen (secondary N) is 1. The molecule has 0 saturated carbocycles. The van der Waals surface area contributed by atoms with Crippen LogP contribution in [0.15, 0.2) is 41.8 Å². The summed E-state index contributed by atoms with van der Waals surface area (Å²) in [6.07, 6.45) is 1.22. The fraction of sp³-hybridized carbons (Fsp3) is 0.455. The molecule has 154 valence electrons. The van der Waals surface area contributed by atoms with Crippen LogP contribution in [0.25, 0.3) is 10.4 Å². The quantitative estimate of drug-likeness (QED) is 0.818. The number of amides is 2. The van der Waals surface area contributed by atoms with E-state index in [1.54, 1.807) is 30.3 Å². The highest BCUT2D eigenvalue weighted by Gasteiger charge is 2.38. The zero-order valence-corrected chi connectivity index (χ0v) is 17.7. The first kappa shape index (κ1) is 20.1. The van der Waals surface area contributed by atoms with E-state index in [2.05, 4.69) is 21.7 Å². The zero-order chi connectivity index (χ0) is 20.4. The first-order valence-electron chi connectivity index (χ1n) is 10.00. The number of morpholine rings is 1. The first-order chi connectivity index (χ1) is 14.0. The van der Waals surface area contributed by atoms with Gasteiger partial charge in [-0.2, -0.15) is 0 Å². The second-order valence-corrected chi connectivity index (χ2v) is 8.96. The van der Waals surface area contributed by atoms with Crippen LogP contribution in [-0.4, -0.2) is 73.6 Å². The van der Waals surface area contributed by atoms with E-state index in [1.165, 1.54) is 4.88 Å². The van der Waals surface area contributed by atoms with Crippen molar-refractivity contribution in [2.75, 3.05) is 33.8 Å². The molecule has 2 aliphatic heterocycles. The maximum atomic E-state index is 12.7. The molecule has 3 atom stereocenters. The Morgan fingerprint density at radius 2 is 2.00 bits per heavy atom. The SMILES string of the molecule is CN(C)C(=O)C[C@H]1CN2C[C@H](NC(=O)c3ccc(-c4cccs4)cc3)C[C@H]2CO1. The Hall–Kier alpha value is -2.22. The van der Waals surface area contributed by atoms with E-state index < -0.39 is 0 Å². The highest BCUT2D eigenvalue weighted by Crippen LogP contribution is 2.26. The normalized spacial score (nSPS) is 24.1. The minimum absolute atomic E-state index is 0.0344. The molecular formula is C22H27N3O3S. The van der Waals surface area contributed by atoms with Crippen molar-refractivity contribution < 1.29 is 14.3 Å². The second-order valence-electron chi connectivity index (χ2n) is 8.02. The zero-order valence-electron chi connectivity index (χ0n) is 16.8. The van der Waals surface area contributed by atoms with Gasteiger partial charge in [-0.15, -0.1) is 11.3 Å². The van der Waals surface area contributed by atoms with Crippen LogP contribution < -0.4 is 5.32 Å². The average Bonchev–Trinajstić information content (AvgIpc) is 3.37. The van der Waals surface area contributed by atoms with Crippen molar-refractivity contribution in [3.8, 4) is 10.4 Å². The summed E-state index contributed by atoms with van der Waals surface area (Å²) in [5, 5.41) is 5.22. The Morgan fingerprint density at radius 1 is 1.21 bits per heavy atom. The molecule has 7 heteroatoms. The topological polar surface area (TPSA) is 61.9 Å². The van der Waals surface area contributed by atoms with Crippen LogP contribution in [-0.2, 0) is 9.53 Å². The molecule has 2 aromatic rings. The van der Waals surface area contributed by atoms with Crippen molar-refractivity contribution in [2.24, 2.45) is 0 Å². The number of fused-ring (bicyclic) bond motifs is 1. The van der Waals surface area contributed by atoms with E-state index in [0.717, 1.165) is 25.1 Å². The summed E-state index contributed by atoms with van der Waals surface area (Å²) in [4.78, 5) is 29.8. The molecule has 2 amide bonds. The third-order valence-corrected chi connectivity index (χ3v) is 6.60. The van der Waals surface area contributed by atoms with Crippen molar-refractivity contribution in [1.82, 2.24) is 15.1 Å². The van der Waals surface area contributed by atoms with Crippen LogP contribution in [0.5, 0.6) is 0 Å². The molecule has 0 spiro atoms. The van der Waals surface area contributed by atoms with Crippen molar-refractivity contribution in [1.29, 1.82) is 0 Å². The number of hydrogen-bond donors (Lipinski definition) is 1. The molecule has 4 rings (SSSR count). The Kier molecular flexibility index (Phi) is 5.99. The van der Waals surface area contributed by atoms with Crippen LogP contribution in [0.2, 0.25) is 0 Å². The van der Waals surface area contributed by atoms with Gasteiger partial charge in [-0.3, -0.25) is 14.5 Å². The van der Waals surface area contributed by atoms with Gasteiger partial charge < -0.3 is 15.0 Å². The maximum absolute atomic E-state index is 12.7. The molecule has 29 heavy (non-hydrogen) atoms. The van der Waals surface area contributed by atoms with Gasteiger partial charge in [-0.1, -0.05) is 18.2 Å². The lowest BCUT2D eigenvalue weighted by molar-refractivity contribution is -0.134. The molecule has 6 nitrogen and oxygen atoms in total. The number of carbonyl (C=O) groups excluding carboxylic acids is 2. The van der Waals surface area contributed by atoms with Crippen LogP contribution in [0.4, 0.5) is 0 Å². The lowest BCUT2D eigenvalue weighted by Gasteiger charge is -2.35. The number of thiophene rings is 1. The van der Waals surface area contributed by atoms with Gasteiger partial charge in [0.15, 0.2) is 0 Å². The van der Waals surface area contributed by atoms with Crippen molar-refractivity contribution >= 4 is 23.2 Å². The smallest absolute Gasteiger partial charge is 0.251 e. The summed E-state index contributed by atoms with van der Waals surface area (Å²) in [7, 11) is 3.53. The first-order valence-corrected chi connectivity index (χ1v) is 10.9. The van der Waals surface area contributed by atoms with E-state index in [9.17, 15) is 9.59 Å². The van der Waals surface area contributed by atoms with Crippen LogP contribution >= 0.6 is 11.3 Å². The molecule has 1 aromatic carbocycles. The number of hydrogen-bond acceptors (Lipinski definition) is 5. The van der Waals surface area contributed by atoms with Gasteiger partial charge in [0.1, 0.15) is 0 Å². The maximum Gasteiger partial charge on any atom is 0.251 e. The summed E-state index contributed by atoms with van der Waals surface area (Å²) >= 11 is 1.69. The summed E-state index contributed by atoms with van der Waals surface area (Å²) in [6, 6.07) is 12.3. The monoisotopic (exact) mass is 413 g/mol. The van der Waals surface area contributed by atoms with Gasteiger partial charge in [-0.05, 0) is 35.6 Å². The molecule has 1 N–H and O–H groups in total. The summed E-state index contributed by atoms with van der Waals surface area (Å²) < 4.78 is 5.90. The minimum Gasteiger partial charge on any atom is -0.375 e. The molecule has 0 unspecified atom stereocenters. The number of nitrogens with zero attached hydrogens (tertiary/aromatic N) is 2. The standard InChI is InChI=1S/C22H27N3O3S/c1-24(2)21(26)11-19-13-25-12-17(10-18(25)14-28-19)23-22(27)16-7-5-15(6-8-16)20-4-3-9-29-20/h3-9,17-19H,10-14H2,1-2H3,(H,23,27)/t17-,18+,19+/m1/s1. The molecule has 3 heterocycles. The third-order valence-electron chi connectivity index (χ3n) is 5.68. The van der Waals surface area contributed by atoms with Crippen LogP contribution in [0.3, 0.4) is 0 Å². The number of carbonyl (C=O) groups is 2. The fourth-order valence-corrected chi connectivity index (χ4v) is 4.78. The molecular weight excluding hydrogens is 386 g/mol. The van der Waals surface area contributed by atoms with E-state index in [0.29, 0.717) is 24.6 Å². The predicted octanol–water partition coefficient (Wildman–Crippen LogP) is 2.46.